The Kier molecular flexibility index (Phi) is 11.2. The summed E-state index contributed by atoms with van der Waals surface area (Å²) < 4.78 is 31.5. The first-order valence-electron chi connectivity index (χ1n) is 9.82. The Morgan fingerprint density at radius 2 is 1.97 bits per heavy atom. The number of guanidine groups is 1. The molecule has 0 bridgehead atoms. The number of hydrogen-bond donors (Lipinski definition) is 2. The number of amides is 1. The van der Waals surface area contributed by atoms with Gasteiger partial charge in [0.05, 0.1) is 6.54 Å². The lowest BCUT2D eigenvalue weighted by Gasteiger charge is -2.34. The molecule has 1 fully saturated rings. The molecule has 0 atom stereocenters. The molecule has 1 aliphatic rings. The van der Waals surface area contributed by atoms with E-state index in [0.29, 0.717) is 12.5 Å². The number of ether oxygens (including phenoxy) is 1. The molecule has 6 nitrogen and oxygen atoms in total. The lowest BCUT2D eigenvalue weighted by atomic mass is 10.0. The van der Waals surface area contributed by atoms with E-state index in [2.05, 4.69) is 15.6 Å². The SMILES string of the molecule is CCNC(=NCCOc1ccc(F)c(F)c1)NC1CCN(C(=O)C(C)C)CC1.I. The molecule has 164 valence electrons. The smallest absolute Gasteiger partial charge is 0.225 e. The Balaban J connectivity index is 0.00000420. The maximum absolute atomic E-state index is 13.2. The summed E-state index contributed by atoms with van der Waals surface area (Å²) in [6.45, 7) is 8.66. The zero-order valence-electron chi connectivity index (χ0n) is 17.2. The first-order chi connectivity index (χ1) is 13.4. The third-order valence-electron chi connectivity index (χ3n) is 4.51. The van der Waals surface area contributed by atoms with Gasteiger partial charge in [-0.25, -0.2) is 13.8 Å². The van der Waals surface area contributed by atoms with Crippen molar-refractivity contribution in [2.24, 2.45) is 10.9 Å². The maximum atomic E-state index is 13.2. The summed E-state index contributed by atoms with van der Waals surface area (Å²) in [5.74, 6) is -0.644. The fourth-order valence-corrected chi connectivity index (χ4v) is 3.01. The van der Waals surface area contributed by atoms with Gasteiger partial charge in [0, 0.05) is 37.7 Å². The van der Waals surface area contributed by atoms with Crippen molar-refractivity contribution in [3.8, 4) is 5.75 Å². The van der Waals surface area contributed by atoms with Crippen molar-refractivity contribution in [2.45, 2.75) is 39.7 Å². The van der Waals surface area contributed by atoms with Crippen LogP contribution in [0.25, 0.3) is 0 Å². The van der Waals surface area contributed by atoms with Crippen molar-refractivity contribution < 1.29 is 18.3 Å². The highest BCUT2D eigenvalue weighted by Crippen LogP contribution is 2.15. The number of piperidine rings is 1. The molecule has 1 aliphatic heterocycles. The van der Waals surface area contributed by atoms with E-state index in [9.17, 15) is 13.6 Å². The van der Waals surface area contributed by atoms with Crippen LogP contribution in [0.1, 0.15) is 33.6 Å². The molecule has 0 spiro atoms. The number of nitrogens with zero attached hydrogens (tertiary/aromatic N) is 2. The molecule has 2 rings (SSSR count). The second kappa shape index (κ2) is 12.8. The Morgan fingerprint density at radius 3 is 2.55 bits per heavy atom. The molecule has 1 aromatic carbocycles. The molecule has 0 saturated carbocycles. The van der Waals surface area contributed by atoms with Crippen LogP contribution in [0.5, 0.6) is 5.75 Å². The predicted octanol–water partition coefficient (Wildman–Crippen LogP) is 3.16. The standard InChI is InChI=1S/C20H30F2N4O2.HI/c1-4-23-20(24-9-12-28-16-5-6-17(21)18(22)13-16)25-15-7-10-26(11-8-15)19(27)14(2)3;/h5-6,13-15H,4,7-12H2,1-3H3,(H2,23,24,25);1H. The topological polar surface area (TPSA) is 66.0 Å². The summed E-state index contributed by atoms with van der Waals surface area (Å²) in [6.07, 6.45) is 1.74. The van der Waals surface area contributed by atoms with E-state index in [1.165, 1.54) is 6.07 Å². The number of carbonyl (C=O) groups is 1. The minimum atomic E-state index is -0.932. The molecule has 1 amide bonds. The van der Waals surface area contributed by atoms with Crippen LogP contribution in [0.15, 0.2) is 23.2 Å². The lowest BCUT2D eigenvalue weighted by molar-refractivity contribution is -0.135. The van der Waals surface area contributed by atoms with Gasteiger partial charge in [0.1, 0.15) is 12.4 Å². The average molecular weight is 524 g/mol. The fourth-order valence-electron chi connectivity index (χ4n) is 3.01. The van der Waals surface area contributed by atoms with Gasteiger partial charge >= 0.3 is 0 Å². The number of carbonyl (C=O) groups excluding carboxylic acids is 1. The first kappa shape index (κ1) is 25.4. The van der Waals surface area contributed by atoms with Gasteiger partial charge in [-0.2, -0.15) is 0 Å². The van der Waals surface area contributed by atoms with E-state index in [4.69, 9.17) is 4.74 Å². The number of hydrogen-bond acceptors (Lipinski definition) is 3. The van der Waals surface area contributed by atoms with Gasteiger partial charge in [0.15, 0.2) is 17.6 Å². The number of aliphatic imine (C=N–C) groups is 1. The Bertz CT molecular complexity index is 680. The number of rotatable bonds is 7. The number of likely N-dealkylation sites (tertiary alicyclic amines) is 1. The van der Waals surface area contributed by atoms with Crippen LogP contribution in [-0.4, -0.2) is 55.6 Å². The highest BCUT2D eigenvalue weighted by Gasteiger charge is 2.24. The second-order valence-electron chi connectivity index (χ2n) is 7.08. The number of halogens is 3. The number of nitrogens with one attached hydrogen (secondary N) is 2. The van der Waals surface area contributed by atoms with Crippen LogP contribution in [0.3, 0.4) is 0 Å². The summed E-state index contributed by atoms with van der Waals surface area (Å²) >= 11 is 0. The average Bonchev–Trinajstić information content (AvgIpc) is 2.68. The molecule has 1 heterocycles. The van der Waals surface area contributed by atoms with E-state index >= 15 is 0 Å². The normalized spacial score (nSPS) is 15.1. The Morgan fingerprint density at radius 1 is 1.28 bits per heavy atom. The van der Waals surface area contributed by atoms with Gasteiger partial charge in [0.25, 0.3) is 0 Å². The summed E-state index contributed by atoms with van der Waals surface area (Å²) in [7, 11) is 0. The Hall–Kier alpha value is -1.65. The molecular weight excluding hydrogens is 493 g/mol. The predicted molar refractivity (Wildman–Crippen MR) is 121 cm³/mol. The van der Waals surface area contributed by atoms with Crippen molar-refractivity contribution >= 4 is 35.8 Å². The summed E-state index contributed by atoms with van der Waals surface area (Å²) in [5, 5.41) is 6.59. The van der Waals surface area contributed by atoms with Crippen molar-refractivity contribution in [1.82, 2.24) is 15.5 Å². The van der Waals surface area contributed by atoms with Crippen LogP contribution in [0.2, 0.25) is 0 Å². The van der Waals surface area contributed by atoms with Gasteiger partial charge in [-0.3, -0.25) is 4.79 Å². The van der Waals surface area contributed by atoms with Crippen LogP contribution < -0.4 is 15.4 Å². The molecule has 0 radical (unpaired) electrons. The summed E-state index contributed by atoms with van der Waals surface area (Å²) in [4.78, 5) is 18.5. The lowest BCUT2D eigenvalue weighted by Crippen LogP contribution is -2.50. The zero-order chi connectivity index (χ0) is 20.5. The maximum Gasteiger partial charge on any atom is 0.225 e. The minimum Gasteiger partial charge on any atom is -0.492 e. The van der Waals surface area contributed by atoms with Gasteiger partial charge in [-0.1, -0.05) is 13.8 Å². The largest absolute Gasteiger partial charge is 0.492 e. The van der Waals surface area contributed by atoms with Crippen LogP contribution in [0.4, 0.5) is 8.78 Å². The van der Waals surface area contributed by atoms with Crippen molar-refractivity contribution in [3.63, 3.8) is 0 Å². The molecule has 9 heteroatoms. The molecular formula is C20H31F2IN4O2. The zero-order valence-corrected chi connectivity index (χ0v) is 19.5. The monoisotopic (exact) mass is 524 g/mol. The van der Waals surface area contributed by atoms with Gasteiger partial charge in [0.2, 0.25) is 5.91 Å². The first-order valence-corrected chi connectivity index (χ1v) is 9.82. The van der Waals surface area contributed by atoms with Gasteiger partial charge in [-0.15, -0.1) is 24.0 Å². The minimum absolute atomic E-state index is 0. The quantitative estimate of drug-likeness (QED) is 0.249. The van der Waals surface area contributed by atoms with Gasteiger partial charge < -0.3 is 20.3 Å². The molecule has 0 unspecified atom stereocenters. The number of benzene rings is 1. The molecule has 0 aliphatic carbocycles. The van der Waals surface area contributed by atoms with Gasteiger partial charge in [-0.05, 0) is 31.9 Å². The van der Waals surface area contributed by atoms with E-state index in [0.717, 1.165) is 44.6 Å². The fraction of sp³-hybridized carbons (Fsp3) is 0.600. The highest BCUT2D eigenvalue weighted by atomic mass is 127. The third-order valence-corrected chi connectivity index (χ3v) is 4.51. The van der Waals surface area contributed by atoms with E-state index in [-0.39, 0.29) is 54.2 Å². The van der Waals surface area contributed by atoms with Crippen LogP contribution >= 0.6 is 24.0 Å². The van der Waals surface area contributed by atoms with Crippen molar-refractivity contribution in [2.75, 3.05) is 32.8 Å². The Labute approximate surface area is 188 Å². The third kappa shape index (κ3) is 8.31. The van der Waals surface area contributed by atoms with E-state index in [1.54, 1.807) is 0 Å². The van der Waals surface area contributed by atoms with E-state index < -0.39 is 11.6 Å². The summed E-state index contributed by atoms with van der Waals surface area (Å²) in [5.41, 5.74) is 0. The second-order valence-corrected chi connectivity index (χ2v) is 7.08. The highest BCUT2D eigenvalue weighted by molar-refractivity contribution is 14.0. The van der Waals surface area contributed by atoms with Crippen LogP contribution in [-0.2, 0) is 4.79 Å². The molecule has 0 aromatic heterocycles. The molecule has 1 aromatic rings. The summed E-state index contributed by atoms with van der Waals surface area (Å²) in [6, 6.07) is 3.70. The molecule has 2 N–H and O–H groups in total. The molecule has 29 heavy (non-hydrogen) atoms. The van der Waals surface area contributed by atoms with E-state index in [1.807, 2.05) is 25.7 Å². The van der Waals surface area contributed by atoms with Crippen molar-refractivity contribution in [3.05, 3.63) is 29.8 Å². The van der Waals surface area contributed by atoms with Crippen LogP contribution in [0, 0.1) is 17.6 Å². The molecule has 1 saturated heterocycles. The van der Waals surface area contributed by atoms with Crippen molar-refractivity contribution in [1.29, 1.82) is 0 Å².